The first-order valence-electron chi connectivity index (χ1n) is 7.04. The van der Waals surface area contributed by atoms with E-state index < -0.39 is 0 Å². The summed E-state index contributed by atoms with van der Waals surface area (Å²) in [5, 5.41) is 5.84. The van der Waals surface area contributed by atoms with Crippen LogP contribution in [0.4, 0.5) is 0 Å². The lowest BCUT2D eigenvalue weighted by Crippen LogP contribution is -2.45. The highest BCUT2D eigenvalue weighted by Gasteiger charge is 2.28. The highest BCUT2D eigenvalue weighted by atomic mass is 35.5. The number of amides is 2. The summed E-state index contributed by atoms with van der Waals surface area (Å²) < 4.78 is 0. The van der Waals surface area contributed by atoms with Gasteiger partial charge < -0.3 is 15.5 Å². The van der Waals surface area contributed by atoms with Gasteiger partial charge in [0.2, 0.25) is 11.8 Å². The second kappa shape index (κ2) is 8.47. The third-order valence-corrected chi connectivity index (χ3v) is 3.26. The molecule has 1 saturated heterocycles. The van der Waals surface area contributed by atoms with Crippen molar-refractivity contribution in [3.63, 3.8) is 0 Å². The van der Waals surface area contributed by atoms with Crippen molar-refractivity contribution in [2.75, 3.05) is 26.7 Å². The van der Waals surface area contributed by atoms with Gasteiger partial charge >= 0.3 is 0 Å². The van der Waals surface area contributed by atoms with Gasteiger partial charge in [0.25, 0.3) is 0 Å². The highest BCUT2D eigenvalue weighted by Crippen LogP contribution is 2.18. The minimum absolute atomic E-state index is 0. The largest absolute Gasteiger partial charge is 0.347 e. The van der Waals surface area contributed by atoms with Gasteiger partial charge in [-0.15, -0.1) is 12.4 Å². The Morgan fingerprint density at radius 1 is 1.30 bits per heavy atom. The topological polar surface area (TPSA) is 61.4 Å². The highest BCUT2D eigenvalue weighted by molar-refractivity contribution is 5.85. The molecule has 2 amide bonds. The minimum atomic E-state index is -0.0507. The van der Waals surface area contributed by atoms with E-state index in [1.807, 2.05) is 32.7 Å². The molecule has 0 radical (unpaired) electrons. The minimum Gasteiger partial charge on any atom is -0.347 e. The number of likely N-dealkylation sites (N-methyl/N-ethyl adjacent to an activating group) is 1. The van der Waals surface area contributed by atoms with Gasteiger partial charge in [-0.3, -0.25) is 9.59 Å². The number of hydrogen-bond donors (Lipinski definition) is 2. The molecular weight excluding hydrogens is 278 g/mol. The van der Waals surface area contributed by atoms with Crippen molar-refractivity contribution in [3.8, 4) is 0 Å². The standard InChI is InChI=1S/C14H27N3O2.ClH/c1-14(2,3)8-12(18)16-10-13(19)17-7-5-6-11(17)9-15-4;/h11,15H,5-10H2,1-4H3,(H,16,18);1H. The molecule has 6 heteroatoms. The Bertz CT molecular complexity index is 329. The van der Waals surface area contributed by atoms with Crippen LogP contribution in [0.15, 0.2) is 0 Å². The fourth-order valence-electron chi connectivity index (χ4n) is 2.43. The van der Waals surface area contributed by atoms with E-state index >= 15 is 0 Å². The van der Waals surface area contributed by atoms with E-state index in [9.17, 15) is 9.59 Å². The first kappa shape index (κ1) is 19.2. The monoisotopic (exact) mass is 305 g/mol. The molecule has 1 rings (SSSR count). The molecule has 1 fully saturated rings. The number of likely N-dealkylation sites (tertiary alicyclic amines) is 1. The van der Waals surface area contributed by atoms with Crippen LogP contribution in [0.5, 0.6) is 0 Å². The lowest BCUT2D eigenvalue weighted by atomic mass is 9.92. The van der Waals surface area contributed by atoms with Crippen molar-refractivity contribution < 1.29 is 9.59 Å². The van der Waals surface area contributed by atoms with Crippen molar-refractivity contribution >= 4 is 24.2 Å². The molecule has 0 aromatic heterocycles. The molecule has 1 unspecified atom stereocenters. The van der Waals surface area contributed by atoms with Crippen molar-refractivity contribution in [2.24, 2.45) is 5.41 Å². The van der Waals surface area contributed by atoms with Crippen LogP contribution in [0.1, 0.15) is 40.0 Å². The van der Waals surface area contributed by atoms with E-state index in [-0.39, 0.29) is 42.2 Å². The Balaban J connectivity index is 0.00000361. The predicted octanol–water partition coefficient (Wildman–Crippen LogP) is 1.17. The average molecular weight is 306 g/mol. The molecule has 1 heterocycles. The number of hydrogen-bond acceptors (Lipinski definition) is 3. The fourth-order valence-corrected chi connectivity index (χ4v) is 2.43. The summed E-state index contributed by atoms with van der Waals surface area (Å²) in [6.07, 6.45) is 2.54. The summed E-state index contributed by atoms with van der Waals surface area (Å²) in [7, 11) is 1.89. The van der Waals surface area contributed by atoms with Crippen LogP contribution in [0.25, 0.3) is 0 Å². The van der Waals surface area contributed by atoms with Crippen LogP contribution in [0.3, 0.4) is 0 Å². The van der Waals surface area contributed by atoms with Gasteiger partial charge in [0.1, 0.15) is 0 Å². The molecule has 0 bridgehead atoms. The Hall–Kier alpha value is -0.810. The maximum atomic E-state index is 12.1. The number of nitrogens with one attached hydrogen (secondary N) is 2. The molecule has 1 atom stereocenters. The van der Waals surface area contributed by atoms with Crippen LogP contribution >= 0.6 is 12.4 Å². The maximum absolute atomic E-state index is 12.1. The zero-order valence-corrected chi connectivity index (χ0v) is 13.8. The second-order valence-electron chi connectivity index (χ2n) is 6.46. The molecule has 0 aromatic carbocycles. The van der Waals surface area contributed by atoms with Crippen LogP contribution in [0.2, 0.25) is 0 Å². The summed E-state index contributed by atoms with van der Waals surface area (Å²) in [5.74, 6) is -0.0229. The summed E-state index contributed by atoms with van der Waals surface area (Å²) in [6, 6.07) is 0.275. The summed E-state index contributed by atoms with van der Waals surface area (Å²) in [4.78, 5) is 25.7. The summed E-state index contributed by atoms with van der Waals surface area (Å²) in [6.45, 7) is 7.78. The fraction of sp³-hybridized carbons (Fsp3) is 0.857. The normalized spacial score (nSPS) is 18.6. The zero-order valence-electron chi connectivity index (χ0n) is 13.0. The average Bonchev–Trinajstić information content (AvgIpc) is 2.72. The van der Waals surface area contributed by atoms with Crippen molar-refractivity contribution in [1.29, 1.82) is 0 Å². The van der Waals surface area contributed by atoms with E-state index in [2.05, 4.69) is 10.6 Å². The van der Waals surface area contributed by atoms with Crippen molar-refractivity contribution in [1.82, 2.24) is 15.5 Å². The van der Waals surface area contributed by atoms with E-state index in [1.54, 1.807) is 0 Å². The summed E-state index contributed by atoms with van der Waals surface area (Å²) >= 11 is 0. The SMILES string of the molecule is CNCC1CCCN1C(=O)CNC(=O)CC(C)(C)C.Cl. The van der Waals surface area contributed by atoms with Crippen LogP contribution in [-0.4, -0.2) is 49.4 Å². The molecule has 1 aliphatic rings. The van der Waals surface area contributed by atoms with E-state index in [0.717, 1.165) is 25.9 Å². The third kappa shape index (κ3) is 6.57. The number of halogens is 1. The third-order valence-electron chi connectivity index (χ3n) is 3.26. The predicted molar refractivity (Wildman–Crippen MR) is 83.0 cm³/mol. The quantitative estimate of drug-likeness (QED) is 0.801. The number of carbonyl (C=O) groups is 2. The first-order valence-corrected chi connectivity index (χ1v) is 7.04. The van der Waals surface area contributed by atoms with Crippen molar-refractivity contribution in [2.45, 2.75) is 46.1 Å². The number of rotatable bonds is 5. The molecule has 5 nitrogen and oxygen atoms in total. The van der Waals surface area contributed by atoms with Gasteiger partial charge in [-0.05, 0) is 25.3 Å². The van der Waals surface area contributed by atoms with Crippen molar-refractivity contribution in [3.05, 3.63) is 0 Å². The molecule has 0 spiro atoms. The first-order chi connectivity index (χ1) is 8.83. The second-order valence-corrected chi connectivity index (χ2v) is 6.46. The molecule has 0 aromatic rings. The lowest BCUT2D eigenvalue weighted by molar-refractivity contribution is -0.133. The lowest BCUT2D eigenvalue weighted by Gasteiger charge is -2.25. The number of nitrogens with zero attached hydrogens (tertiary/aromatic N) is 1. The van der Waals surface area contributed by atoms with E-state index in [0.29, 0.717) is 6.42 Å². The summed E-state index contributed by atoms with van der Waals surface area (Å²) in [5.41, 5.74) is -0.0462. The van der Waals surface area contributed by atoms with Gasteiger partial charge in [-0.1, -0.05) is 20.8 Å². The van der Waals surface area contributed by atoms with E-state index in [4.69, 9.17) is 0 Å². The van der Waals surface area contributed by atoms with Crippen LogP contribution in [0, 0.1) is 5.41 Å². The molecule has 0 aliphatic carbocycles. The maximum Gasteiger partial charge on any atom is 0.242 e. The molecule has 20 heavy (non-hydrogen) atoms. The van der Waals surface area contributed by atoms with Crippen LogP contribution in [-0.2, 0) is 9.59 Å². The number of carbonyl (C=O) groups excluding carboxylic acids is 2. The van der Waals surface area contributed by atoms with Gasteiger partial charge in [0.05, 0.1) is 6.54 Å². The zero-order chi connectivity index (χ0) is 14.5. The Labute approximate surface area is 128 Å². The molecule has 118 valence electrons. The van der Waals surface area contributed by atoms with Gasteiger partial charge in [-0.25, -0.2) is 0 Å². The van der Waals surface area contributed by atoms with Gasteiger partial charge in [0.15, 0.2) is 0 Å². The Kier molecular flexibility index (Phi) is 8.13. The van der Waals surface area contributed by atoms with Crippen LogP contribution < -0.4 is 10.6 Å². The van der Waals surface area contributed by atoms with Gasteiger partial charge in [-0.2, -0.15) is 0 Å². The Morgan fingerprint density at radius 2 is 1.95 bits per heavy atom. The van der Waals surface area contributed by atoms with E-state index in [1.165, 1.54) is 0 Å². The molecular formula is C14H28ClN3O2. The molecule has 2 N–H and O–H groups in total. The Morgan fingerprint density at radius 3 is 2.50 bits per heavy atom. The molecule has 1 aliphatic heterocycles. The molecule has 0 saturated carbocycles. The van der Waals surface area contributed by atoms with Gasteiger partial charge in [0, 0.05) is 25.6 Å². The smallest absolute Gasteiger partial charge is 0.242 e.